The number of likely N-dealkylation sites (tertiary alicyclic amines) is 1. The molecule has 5 nitrogen and oxygen atoms in total. The number of nitrogens with one attached hydrogen (secondary N) is 1. The van der Waals surface area contributed by atoms with Gasteiger partial charge in [-0.15, -0.1) is 0 Å². The zero-order valence-electron chi connectivity index (χ0n) is 6.75. The number of hydrogen-bond acceptors (Lipinski definition) is 3. The average Bonchev–Trinajstić information content (AvgIpc) is 2.17. The van der Waals surface area contributed by atoms with E-state index in [1.54, 1.807) is 0 Å². The van der Waals surface area contributed by atoms with Crippen LogP contribution in [0.3, 0.4) is 0 Å². The highest BCUT2D eigenvalue weighted by molar-refractivity contribution is 6.34. The number of carbonyl (C=O) groups excluding carboxylic acids is 2. The van der Waals surface area contributed by atoms with Crippen molar-refractivity contribution >= 4 is 11.8 Å². The van der Waals surface area contributed by atoms with E-state index in [0.717, 1.165) is 19.3 Å². The van der Waals surface area contributed by atoms with Crippen molar-refractivity contribution in [3.63, 3.8) is 0 Å². The fourth-order valence-electron chi connectivity index (χ4n) is 1.29. The largest absolute Gasteiger partial charge is 0.334 e. The summed E-state index contributed by atoms with van der Waals surface area (Å²) in [6.07, 6.45) is 2.97. The quantitative estimate of drug-likeness (QED) is 0.294. The van der Waals surface area contributed by atoms with Crippen molar-refractivity contribution in [2.45, 2.75) is 19.3 Å². The summed E-state index contributed by atoms with van der Waals surface area (Å²) in [6, 6.07) is 0. The van der Waals surface area contributed by atoms with Crippen molar-refractivity contribution in [3.8, 4) is 0 Å². The van der Waals surface area contributed by atoms with E-state index in [2.05, 4.69) is 0 Å². The Bertz CT molecular complexity index is 187. The third kappa shape index (κ3) is 1.94. The monoisotopic (exact) mass is 172 g/mol. The number of hydrogen-bond donors (Lipinski definition) is 2. The van der Waals surface area contributed by atoms with Crippen molar-refractivity contribution in [3.05, 3.63) is 0 Å². The molecule has 1 saturated heterocycles. The minimum absolute atomic E-state index is 0.617. The van der Waals surface area contributed by atoms with E-state index in [1.807, 2.05) is 0 Å². The van der Waals surface area contributed by atoms with Crippen LogP contribution in [0.2, 0.25) is 0 Å². The van der Waals surface area contributed by atoms with Crippen LogP contribution in [0.5, 0.6) is 0 Å². The van der Waals surface area contributed by atoms with E-state index in [-0.39, 0.29) is 0 Å². The van der Waals surface area contributed by atoms with Crippen LogP contribution in [-0.2, 0) is 9.59 Å². The summed E-state index contributed by atoms with van der Waals surface area (Å²) < 4.78 is 0. The number of amides is 2. The molecule has 0 aromatic carbocycles. The molecule has 5 heteroatoms. The van der Waals surface area contributed by atoms with Gasteiger partial charge in [0.05, 0.1) is 0 Å². The lowest BCUT2D eigenvalue weighted by Crippen LogP contribution is -2.44. The summed E-state index contributed by atoms with van der Waals surface area (Å²) >= 11 is 0. The third-order valence-electron chi connectivity index (χ3n) is 1.94. The van der Waals surface area contributed by atoms with Gasteiger partial charge in [0.25, 0.3) is 0 Å². The summed E-state index contributed by atoms with van der Waals surface area (Å²) in [5, 5.41) is 8.19. The van der Waals surface area contributed by atoms with Crippen LogP contribution in [0.15, 0.2) is 0 Å². The SMILES string of the molecule is O=C(NO)C(=O)N1CCCCC1. The van der Waals surface area contributed by atoms with Crippen LogP contribution in [-0.4, -0.2) is 35.0 Å². The number of nitrogens with zero attached hydrogens (tertiary/aromatic N) is 1. The van der Waals surface area contributed by atoms with Gasteiger partial charge >= 0.3 is 11.8 Å². The Labute approximate surface area is 70.3 Å². The van der Waals surface area contributed by atoms with Gasteiger partial charge in [-0.05, 0) is 19.3 Å². The smallest absolute Gasteiger partial charge is 0.332 e. The molecule has 2 amide bonds. The van der Waals surface area contributed by atoms with Crippen LogP contribution in [0.4, 0.5) is 0 Å². The van der Waals surface area contributed by atoms with E-state index in [4.69, 9.17) is 5.21 Å². The topological polar surface area (TPSA) is 69.6 Å². The molecule has 1 rings (SSSR count). The maximum atomic E-state index is 11.1. The van der Waals surface area contributed by atoms with E-state index >= 15 is 0 Å². The second kappa shape index (κ2) is 4.06. The van der Waals surface area contributed by atoms with Crippen molar-refractivity contribution in [1.82, 2.24) is 10.4 Å². The molecule has 1 aliphatic heterocycles. The fourth-order valence-corrected chi connectivity index (χ4v) is 1.29. The van der Waals surface area contributed by atoms with E-state index in [0.29, 0.717) is 13.1 Å². The van der Waals surface area contributed by atoms with Crippen molar-refractivity contribution in [2.24, 2.45) is 0 Å². The number of piperidine rings is 1. The Balaban J connectivity index is 2.45. The average molecular weight is 172 g/mol. The molecule has 0 spiro atoms. The Morgan fingerprint density at radius 1 is 1.17 bits per heavy atom. The van der Waals surface area contributed by atoms with Crippen LogP contribution in [0.1, 0.15) is 19.3 Å². The molecule has 0 saturated carbocycles. The summed E-state index contributed by atoms with van der Waals surface area (Å²) in [4.78, 5) is 23.2. The summed E-state index contributed by atoms with van der Waals surface area (Å²) in [5.41, 5.74) is 1.33. The van der Waals surface area contributed by atoms with Gasteiger partial charge in [-0.2, -0.15) is 0 Å². The van der Waals surface area contributed by atoms with Crippen LogP contribution in [0, 0.1) is 0 Å². The second-order valence-corrected chi connectivity index (χ2v) is 2.79. The molecule has 0 aromatic heterocycles. The standard InChI is InChI=1S/C7H12N2O3/c10-6(8-12)7(11)9-4-2-1-3-5-9/h12H,1-5H2,(H,8,10). The lowest BCUT2D eigenvalue weighted by molar-refractivity contribution is -0.150. The zero-order chi connectivity index (χ0) is 8.97. The zero-order valence-corrected chi connectivity index (χ0v) is 6.75. The molecule has 0 aliphatic carbocycles. The molecule has 2 N–H and O–H groups in total. The third-order valence-corrected chi connectivity index (χ3v) is 1.94. The van der Waals surface area contributed by atoms with Crippen LogP contribution >= 0.6 is 0 Å². The molecule has 12 heavy (non-hydrogen) atoms. The van der Waals surface area contributed by atoms with Crippen molar-refractivity contribution in [1.29, 1.82) is 0 Å². The van der Waals surface area contributed by atoms with Crippen molar-refractivity contribution in [2.75, 3.05) is 13.1 Å². The molecule has 0 radical (unpaired) electrons. The van der Waals surface area contributed by atoms with E-state index in [1.165, 1.54) is 10.4 Å². The van der Waals surface area contributed by atoms with Crippen LogP contribution < -0.4 is 5.48 Å². The van der Waals surface area contributed by atoms with Gasteiger partial charge in [0, 0.05) is 13.1 Å². The summed E-state index contributed by atoms with van der Waals surface area (Å²) in [5.74, 6) is -1.59. The van der Waals surface area contributed by atoms with Crippen molar-refractivity contribution < 1.29 is 14.8 Å². The van der Waals surface area contributed by atoms with Gasteiger partial charge in [-0.3, -0.25) is 14.8 Å². The first kappa shape index (κ1) is 8.99. The summed E-state index contributed by atoms with van der Waals surface area (Å²) in [6.45, 7) is 1.23. The number of hydroxylamine groups is 1. The first-order valence-corrected chi connectivity index (χ1v) is 3.99. The van der Waals surface area contributed by atoms with Crippen LogP contribution in [0.25, 0.3) is 0 Å². The molecule has 0 atom stereocenters. The normalized spacial score (nSPS) is 17.2. The molecule has 1 aliphatic rings. The van der Waals surface area contributed by atoms with Gasteiger partial charge in [0.1, 0.15) is 0 Å². The lowest BCUT2D eigenvalue weighted by atomic mass is 10.1. The molecule has 1 fully saturated rings. The van der Waals surface area contributed by atoms with Gasteiger partial charge in [0.2, 0.25) is 0 Å². The van der Waals surface area contributed by atoms with Gasteiger partial charge < -0.3 is 4.90 Å². The first-order chi connectivity index (χ1) is 5.75. The Hall–Kier alpha value is -1.10. The minimum Gasteiger partial charge on any atom is -0.334 e. The first-order valence-electron chi connectivity index (χ1n) is 3.99. The maximum absolute atomic E-state index is 11.1. The maximum Gasteiger partial charge on any atom is 0.332 e. The lowest BCUT2D eigenvalue weighted by Gasteiger charge is -2.25. The Morgan fingerprint density at radius 2 is 1.75 bits per heavy atom. The molecule has 1 heterocycles. The second-order valence-electron chi connectivity index (χ2n) is 2.79. The highest BCUT2D eigenvalue weighted by atomic mass is 16.5. The minimum atomic E-state index is -0.947. The molecule has 0 bridgehead atoms. The molecule has 0 unspecified atom stereocenters. The van der Waals surface area contributed by atoms with E-state index < -0.39 is 11.8 Å². The van der Waals surface area contributed by atoms with Gasteiger partial charge in [-0.1, -0.05) is 0 Å². The molecule has 0 aromatic rings. The highest BCUT2D eigenvalue weighted by Crippen LogP contribution is 2.08. The molecular weight excluding hydrogens is 160 g/mol. The fraction of sp³-hybridized carbons (Fsp3) is 0.714. The van der Waals surface area contributed by atoms with Gasteiger partial charge in [0.15, 0.2) is 0 Å². The Kier molecular flexibility index (Phi) is 3.04. The Morgan fingerprint density at radius 3 is 2.25 bits per heavy atom. The molecule has 68 valence electrons. The van der Waals surface area contributed by atoms with E-state index in [9.17, 15) is 9.59 Å². The highest BCUT2D eigenvalue weighted by Gasteiger charge is 2.22. The number of rotatable bonds is 0. The number of carbonyl (C=O) groups is 2. The molecular formula is C7H12N2O3. The predicted octanol–water partition coefficient (Wildman–Crippen LogP) is -0.496. The predicted molar refractivity (Wildman–Crippen MR) is 40.4 cm³/mol. The van der Waals surface area contributed by atoms with Gasteiger partial charge in [-0.25, -0.2) is 5.48 Å². The summed E-state index contributed by atoms with van der Waals surface area (Å²) in [7, 11) is 0.